The van der Waals surface area contributed by atoms with E-state index in [0.29, 0.717) is 13.1 Å². The van der Waals surface area contributed by atoms with Crippen molar-refractivity contribution in [3.05, 3.63) is 65.7 Å². The molecule has 2 amide bonds. The van der Waals surface area contributed by atoms with Crippen LogP contribution in [0.15, 0.2) is 54.6 Å². The van der Waals surface area contributed by atoms with Crippen LogP contribution >= 0.6 is 0 Å². The lowest BCUT2D eigenvalue weighted by molar-refractivity contribution is -0.140. The van der Waals surface area contributed by atoms with E-state index in [1.54, 1.807) is 0 Å². The smallest absolute Gasteiger partial charge is 0.237 e. The topological polar surface area (TPSA) is 49.4 Å². The predicted molar refractivity (Wildman–Crippen MR) is 83.2 cm³/mol. The van der Waals surface area contributed by atoms with Crippen LogP contribution in [-0.4, -0.2) is 23.3 Å². The molecule has 0 unspecified atom stereocenters. The summed E-state index contributed by atoms with van der Waals surface area (Å²) in [6, 6.07) is 17.4. The van der Waals surface area contributed by atoms with Gasteiger partial charge in [0, 0.05) is 12.2 Å². The largest absolute Gasteiger partial charge is 0.384 e. The van der Waals surface area contributed by atoms with Gasteiger partial charge in [-0.1, -0.05) is 48.5 Å². The van der Waals surface area contributed by atoms with Crippen LogP contribution in [0.25, 0.3) is 0 Å². The first-order valence-corrected chi connectivity index (χ1v) is 7.47. The number of hydrogen-bond acceptors (Lipinski definition) is 3. The lowest BCUT2D eigenvalue weighted by Crippen LogP contribution is -2.32. The summed E-state index contributed by atoms with van der Waals surface area (Å²) in [7, 11) is 0. The van der Waals surface area contributed by atoms with E-state index < -0.39 is 0 Å². The van der Waals surface area contributed by atoms with E-state index in [-0.39, 0.29) is 23.7 Å². The van der Waals surface area contributed by atoms with Gasteiger partial charge in [-0.25, -0.2) is 0 Å². The summed E-state index contributed by atoms with van der Waals surface area (Å²) in [5.41, 5.74) is 2.88. The van der Waals surface area contributed by atoms with Gasteiger partial charge in [0.05, 0.1) is 18.4 Å². The molecular formula is C18H16N2O2. The zero-order chi connectivity index (χ0) is 15.1. The molecule has 0 aromatic heterocycles. The quantitative estimate of drug-likeness (QED) is 0.865. The van der Waals surface area contributed by atoms with Crippen molar-refractivity contribution in [2.24, 2.45) is 5.92 Å². The molecule has 0 saturated carbocycles. The second-order valence-electron chi connectivity index (χ2n) is 5.80. The molecule has 2 aromatic carbocycles. The van der Waals surface area contributed by atoms with Crippen molar-refractivity contribution < 1.29 is 9.59 Å². The number of carbonyl (C=O) groups is 2. The number of benzene rings is 2. The standard InChI is InChI=1S/C18H16N2O2/c21-17-14-10-19-15-9-5-4-8-13(15)16(14)18(22)20(17)11-12-6-2-1-3-7-12/h1-9,14,16,19H,10-11H2/t14-,16+/m0/s1. The fourth-order valence-corrected chi connectivity index (χ4v) is 3.42. The Bertz CT molecular complexity index is 742. The van der Waals surface area contributed by atoms with Crippen LogP contribution in [0.1, 0.15) is 17.0 Å². The van der Waals surface area contributed by atoms with Gasteiger partial charge in [0.2, 0.25) is 11.8 Å². The van der Waals surface area contributed by atoms with E-state index >= 15 is 0 Å². The first-order valence-electron chi connectivity index (χ1n) is 7.47. The Morgan fingerprint density at radius 1 is 0.955 bits per heavy atom. The Kier molecular flexibility index (Phi) is 2.96. The molecular weight excluding hydrogens is 276 g/mol. The number of hydrogen-bond donors (Lipinski definition) is 1. The third-order valence-corrected chi connectivity index (χ3v) is 4.51. The average molecular weight is 292 g/mol. The maximum absolute atomic E-state index is 12.8. The number of nitrogens with zero attached hydrogens (tertiary/aromatic N) is 1. The summed E-state index contributed by atoms with van der Waals surface area (Å²) in [5.74, 6) is -0.770. The summed E-state index contributed by atoms with van der Waals surface area (Å²) < 4.78 is 0. The summed E-state index contributed by atoms with van der Waals surface area (Å²) in [4.78, 5) is 26.8. The Balaban J connectivity index is 1.68. The number of para-hydroxylation sites is 1. The third-order valence-electron chi connectivity index (χ3n) is 4.51. The van der Waals surface area contributed by atoms with E-state index in [4.69, 9.17) is 0 Å². The fraction of sp³-hybridized carbons (Fsp3) is 0.222. The van der Waals surface area contributed by atoms with Gasteiger partial charge in [0.1, 0.15) is 0 Å². The van der Waals surface area contributed by atoms with Crippen molar-refractivity contribution in [1.82, 2.24) is 4.90 Å². The summed E-state index contributed by atoms with van der Waals surface area (Å²) in [5, 5.41) is 3.27. The summed E-state index contributed by atoms with van der Waals surface area (Å²) in [6.07, 6.45) is 0. The van der Waals surface area contributed by atoms with Crippen LogP contribution in [-0.2, 0) is 16.1 Å². The molecule has 1 fully saturated rings. The van der Waals surface area contributed by atoms with Crippen LogP contribution in [0.5, 0.6) is 0 Å². The van der Waals surface area contributed by atoms with E-state index in [1.165, 1.54) is 4.90 Å². The van der Waals surface area contributed by atoms with E-state index in [2.05, 4.69) is 5.32 Å². The van der Waals surface area contributed by atoms with Crippen LogP contribution in [0.4, 0.5) is 5.69 Å². The minimum atomic E-state index is -0.339. The van der Waals surface area contributed by atoms with Crippen LogP contribution in [0, 0.1) is 5.92 Å². The monoisotopic (exact) mass is 292 g/mol. The molecule has 2 heterocycles. The van der Waals surface area contributed by atoms with Crippen molar-refractivity contribution >= 4 is 17.5 Å². The van der Waals surface area contributed by atoms with Crippen molar-refractivity contribution in [1.29, 1.82) is 0 Å². The molecule has 4 rings (SSSR count). The van der Waals surface area contributed by atoms with Gasteiger partial charge in [0.25, 0.3) is 0 Å². The third kappa shape index (κ3) is 1.91. The lowest BCUT2D eigenvalue weighted by Gasteiger charge is -2.25. The van der Waals surface area contributed by atoms with E-state index in [0.717, 1.165) is 16.8 Å². The molecule has 0 radical (unpaired) electrons. The molecule has 4 nitrogen and oxygen atoms in total. The number of fused-ring (bicyclic) bond motifs is 3. The molecule has 2 atom stereocenters. The highest BCUT2D eigenvalue weighted by Crippen LogP contribution is 2.42. The minimum absolute atomic E-state index is 0.0687. The van der Waals surface area contributed by atoms with Crippen molar-refractivity contribution in [3.63, 3.8) is 0 Å². The highest BCUT2D eigenvalue weighted by molar-refractivity contribution is 6.09. The number of amides is 2. The Morgan fingerprint density at radius 2 is 1.68 bits per heavy atom. The molecule has 2 aliphatic rings. The Morgan fingerprint density at radius 3 is 2.50 bits per heavy atom. The molecule has 2 aromatic rings. The average Bonchev–Trinajstić information content (AvgIpc) is 2.81. The first kappa shape index (κ1) is 13.1. The highest BCUT2D eigenvalue weighted by atomic mass is 16.2. The maximum atomic E-state index is 12.8. The van der Waals surface area contributed by atoms with Gasteiger partial charge in [-0.15, -0.1) is 0 Å². The van der Waals surface area contributed by atoms with Gasteiger partial charge in [0.15, 0.2) is 0 Å². The first-order chi connectivity index (χ1) is 10.8. The van der Waals surface area contributed by atoms with Crippen LogP contribution in [0.2, 0.25) is 0 Å². The van der Waals surface area contributed by atoms with Gasteiger partial charge < -0.3 is 5.32 Å². The Hall–Kier alpha value is -2.62. The van der Waals surface area contributed by atoms with Crippen LogP contribution < -0.4 is 5.32 Å². The van der Waals surface area contributed by atoms with Crippen molar-refractivity contribution in [3.8, 4) is 0 Å². The minimum Gasteiger partial charge on any atom is -0.384 e. The number of rotatable bonds is 2. The Labute approximate surface area is 128 Å². The van der Waals surface area contributed by atoms with E-state index in [1.807, 2.05) is 54.6 Å². The zero-order valence-corrected chi connectivity index (χ0v) is 12.0. The van der Waals surface area contributed by atoms with E-state index in [9.17, 15) is 9.59 Å². The zero-order valence-electron chi connectivity index (χ0n) is 12.0. The normalized spacial score (nSPS) is 23.0. The van der Waals surface area contributed by atoms with Crippen LogP contribution in [0.3, 0.4) is 0 Å². The molecule has 0 spiro atoms. The van der Waals surface area contributed by atoms with Crippen molar-refractivity contribution in [2.75, 3.05) is 11.9 Å². The molecule has 0 bridgehead atoms. The molecule has 0 aliphatic carbocycles. The molecule has 110 valence electrons. The van der Waals surface area contributed by atoms with Crippen molar-refractivity contribution in [2.45, 2.75) is 12.5 Å². The summed E-state index contributed by atoms with van der Waals surface area (Å²) in [6.45, 7) is 0.880. The number of nitrogens with one attached hydrogen (secondary N) is 1. The number of anilines is 1. The van der Waals surface area contributed by atoms with Gasteiger partial charge in [-0.3, -0.25) is 14.5 Å². The molecule has 4 heteroatoms. The molecule has 1 N–H and O–H groups in total. The second kappa shape index (κ2) is 4.98. The summed E-state index contributed by atoms with van der Waals surface area (Å²) >= 11 is 0. The maximum Gasteiger partial charge on any atom is 0.237 e. The van der Waals surface area contributed by atoms with Gasteiger partial charge in [-0.2, -0.15) is 0 Å². The number of carbonyl (C=O) groups excluding carboxylic acids is 2. The second-order valence-corrected chi connectivity index (χ2v) is 5.80. The van der Waals surface area contributed by atoms with Gasteiger partial charge >= 0.3 is 0 Å². The molecule has 2 aliphatic heterocycles. The molecule has 1 saturated heterocycles. The van der Waals surface area contributed by atoms with Gasteiger partial charge in [-0.05, 0) is 17.2 Å². The lowest BCUT2D eigenvalue weighted by atomic mass is 9.84. The molecule has 22 heavy (non-hydrogen) atoms. The fourth-order valence-electron chi connectivity index (χ4n) is 3.42. The number of imide groups is 1. The SMILES string of the molecule is O=C1[C@H]2CNc3ccccc3[C@H]2C(=O)N1Cc1ccccc1. The highest BCUT2D eigenvalue weighted by Gasteiger charge is 2.50. The predicted octanol–water partition coefficient (Wildman–Crippen LogP) is 2.38. The number of likely N-dealkylation sites (tertiary alicyclic amines) is 1.